The summed E-state index contributed by atoms with van der Waals surface area (Å²) in [5, 5.41) is 11.5. The first kappa shape index (κ1) is 12.7. The van der Waals surface area contributed by atoms with Gasteiger partial charge in [0.1, 0.15) is 11.9 Å². The van der Waals surface area contributed by atoms with E-state index in [1.807, 2.05) is 6.07 Å². The molecule has 4 nitrogen and oxygen atoms in total. The zero-order chi connectivity index (χ0) is 13.7. The zero-order valence-electron chi connectivity index (χ0n) is 9.88. The second-order valence-corrected chi connectivity index (χ2v) is 3.80. The minimum absolute atomic E-state index is 0.141. The molecule has 1 unspecified atom stereocenters. The highest BCUT2D eigenvalue weighted by Crippen LogP contribution is 2.16. The number of aromatic nitrogens is 1. The maximum atomic E-state index is 13.6. The van der Waals surface area contributed by atoms with Crippen molar-refractivity contribution in [3.8, 4) is 6.07 Å². The summed E-state index contributed by atoms with van der Waals surface area (Å²) < 4.78 is 13.6. The van der Waals surface area contributed by atoms with Crippen molar-refractivity contribution in [3.05, 3.63) is 65.7 Å². The first-order valence-electron chi connectivity index (χ1n) is 5.57. The summed E-state index contributed by atoms with van der Waals surface area (Å²) in [6.07, 6.45) is 2.92. The van der Waals surface area contributed by atoms with Gasteiger partial charge < -0.3 is 5.32 Å². The van der Waals surface area contributed by atoms with Gasteiger partial charge in [0.05, 0.1) is 11.6 Å². The number of benzene rings is 1. The Morgan fingerprint density at radius 2 is 2.11 bits per heavy atom. The number of amides is 1. The number of hydrogen-bond donors (Lipinski definition) is 1. The molecule has 0 radical (unpaired) electrons. The van der Waals surface area contributed by atoms with Crippen molar-refractivity contribution in [2.75, 3.05) is 0 Å². The standard InChI is InChI=1S/C14H10FN3O/c15-12-6-2-1-5-11(12)13(8-16)18-14(19)10-4-3-7-17-9-10/h1-7,9,13H,(H,18,19). The lowest BCUT2D eigenvalue weighted by Gasteiger charge is -2.12. The molecule has 0 bridgehead atoms. The van der Waals surface area contributed by atoms with E-state index < -0.39 is 17.8 Å². The second-order valence-electron chi connectivity index (χ2n) is 3.80. The minimum Gasteiger partial charge on any atom is -0.332 e. The molecule has 1 aromatic heterocycles. The molecule has 1 atom stereocenters. The van der Waals surface area contributed by atoms with Crippen LogP contribution >= 0.6 is 0 Å². The number of nitrogens with zero attached hydrogens (tertiary/aromatic N) is 2. The Morgan fingerprint density at radius 1 is 1.32 bits per heavy atom. The molecule has 2 rings (SSSR count). The van der Waals surface area contributed by atoms with E-state index in [1.54, 1.807) is 18.2 Å². The summed E-state index contributed by atoms with van der Waals surface area (Å²) in [6, 6.07) is 9.86. The van der Waals surface area contributed by atoms with Gasteiger partial charge in [0.25, 0.3) is 5.91 Å². The molecular formula is C14H10FN3O. The maximum Gasteiger partial charge on any atom is 0.254 e. The van der Waals surface area contributed by atoms with E-state index in [9.17, 15) is 9.18 Å². The number of carbonyl (C=O) groups excluding carboxylic acids is 1. The number of rotatable bonds is 3. The molecule has 1 N–H and O–H groups in total. The fraction of sp³-hybridized carbons (Fsp3) is 0.0714. The monoisotopic (exact) mass is 255 g/mol. The topological polar surface area (TPSA) is 65.8 Å². The van der Waals surface area contributed by atoms with Gasteiger partial charge in [-0.3, -0.25) is 9.78 Å². The van der Waals surface area contributed by atoms with E-state index in [1.165, 1.54) is 30.6 Å². The molecule has 0 saturated carbocycles. The van der Waals surface area contributed by atoms with E-state index in [2.05, 4.69) is 10.3 Å². The SMILES string of the molecule is N#CC(NC(=O)c1cccnc1)c1ccccc1F. The maximum absolute atomic E-state index is 13.6. The third-order valence-electron chi connectivity index (χ3n) is 2.54. The average molecular weight is 255 g/mol. The predicted molar refractivity (Wildman–Crippen MR) is 66.5 cm³/mol. The second kappa shape index (κ2) is 5.74. The van der Waals surface area contributed by atoms with E-state index in [4.69, 9.17) is 5.26 Å². The zero-order valence-corrected chi connectivity index (χ0v) is 9.88. The van der Waals surface area contributed by atoms with Crippen LogP contribution in [0.25, 0.3) is 0 Å². The van der Waals surface area contributed by atoms with Crippen molar-refractivity contribution in [1.82, 2.24) is 10.3 Å². The van der Waals surface area contributed by atoms with Gasteiger partial charge in [0.2, 0.25) is 0 Å². The Kier molecular flexibility index (Phi) is 3.84. The van der Waals surface area contributed by atoms with Gasteiger partial charge in [-0.25, -0.2) is 4.39 Å². The molecule has 1 amide bonds. The molecular weight excluding hydrogens is 245 g/mol. The number of hydrogen-bond acceptors (Lipinski definition) is 3. The highest BCUT2D eigenvalue weighted by molar-refractivity contribution is 5.94. The number of halogens is 1. The summed E-state index contributed by atoms with van der Waals surface area (Å²) in [6.45, 7) is 0. The molecule has 94 valence electrons. The lowest BCUT2D eigenvalue weighted by molar-refractivity contribution is 0.0944. The van der Waals surface area contributed by atoms with Gasteiger partial charge in [-0.15, -0.1) is 0 Å². The van der Waals surface area contributed by atoms with Gasteiger partial charge in [-0.05, 0) is 18.2 Å². The van der Waals surface area contributed by atoms with E-state index in [0.717, 1.165) is 0 Å². The largest absolute Gasteiger partial charge is 0.332 e. The predicted octanol–water partition coefficient (Wildman–Crippen LogP) is 2.22. The quantitative estimate of drug-likeness (QED) is 0.914. The van der Waals surface area contributed by atoms with Gasteiger partial charge in [0.15, 0.2) is 0 Å². The van der Waals surface area contributed by atoms with Crippen molar-refractivity contribution < 1.29 is 9.18 Å². The van der Waals surface area contributed by atoms with Crippen LogP contribution in [0.1, 0.15) is 22.0 Å². The van der Waals surface area contributed by atoms with Crippen LogP contribution < -0.4 is 5.32 Å². The minimum atomic E-state index is -1.03. The summed E-state index contributed by atoms with van der Waals surface area (Å²) in [5.41, 5.74) is 0.460. The molecule has 0 spiro atoms. The van der Waals surface area contributed by atoms with E-state index in [0.29, 0.717) is 5.56 Å². The molecule has 19 heavy (non-hydrogen) atoms. The van der Waals surface area contributed by atoms with Crippen LogP contribution in [0.15, 0.2) is 48.8 Å². The molecule has 5 heteroatoms. The molecule has 0 aliphatic heterocycles. The van der Waals surface area contributed by atoms with Crippen LogP contribution in [-0.4, -0.2) is 10.9 Å². The summed E-state index contributed by atoms with van der Waals surface area (Å²) in [4.78, 5) is 15.7. The lowest BCUT2D eigenvalue weighted by atomic mass is 10.1. The van der Waals surface area contributed by atoms with Crippen molar-refractivity contribution in [2.45, 2.75) is 6.04 Å². The summed E-state index contributed by atoms with van der Waals surface area (Å²) in [5.74, 6) is -0.997. The third kappa shape index (κ3) is 2.93. The van der Waals surface area contributed by atoms with E-state index >= 15 is 0 Å². The van der Waals surface area contributed by atoms with Crippen molar-refractivity contribution >= 4 is 5.91 Å². The number of pyridine rings is 1. The Balaban J connectivity index is 2.20. The van der Waals surface area contributed by atoms with Gasteiger partial charge >= 0.3 is 0 Å². The molecule has 0 aliphatic carbocycles. The highest BCUT2D eigenvalue weighted by atomic mass is 19.1. The Bertz CT molecular complexity index is 622. The van der Waals surface area contributed by atoms with Crippen molar-refractivity contribution in [2.24, 2.45) is 0 Å². The first-order chi connectivity index (χ1) is 9.22. The highest BCUT2D eigenvalue weighted by Gasteiger charge is 2.18. The van der Waals surface area contributed by atoms with E-state index in [-0.39, 0.29) is 5.56 Å². The molecule has 0 fully saturated rings. The van der Waals surface area contributed by atoms with Crippen LogP contribution in [0, 0.1) is 17.1 Å². The molecule has 1 heterocycles. The van der Waals surface area contributed by atoms with Gasteiger partial charge in [-0.2, -0.15) is 5.26 Å². The third-order valence-corrected chi connectivity index (χ3v) is 2.54. The van der Waals surface area contributed by atoms with Gasteiger partial charge in [-0.1, -0.05) is 18.2 Å². The van der Waals surface area contributed by atoms with Crippen LogP contribution in [-0.2, 0) is 0 Å². The summed E-state index contributed by atoms with van der Waals surface area (Å²) >= 11 is 0. The molecule has 0 aliphatic rings. The van der Waals surface area contributed by atoms with Gasteiger partial charge in [0, 0.05) is 18.0 Å². The van der Waals surface area contributed by atoms with Crippen LogP contribution in [0.4, 0.5) is 4.39 Å². The lowest BCUT2D eigenvalue weighted by Crippen LogP contribution is -2.28. The smallest absolute Gasteiger partial charge is 0.254 e. The summed E-state index contributed by atoms with van der Waals surface area (Å²) in [7, 11) is 0. The van der Waals surface area contributed by atoms with Crippen molar-refractivity contribution in [3.63, 3.8) is 0 Å². The Hall–Kier alpha value is -2.74. The molecule has 2 aromatic rings. The fourth-order valence-electron chi connectivity index (χ4n) is 1.60. The fourth-order valence-corrected chi connectivity index (χ4v) is 1.60. The Morgan fingerprint density at radius 3 is 2.74 bits per heavy atom. The van der Waals surface area contributed by atoms with Crippen LogP contribution in [0.3, 0.4) is 0 Å². The molecule has 1 aromatic carbocycles. The van der Waals surface area contributed by atoms with Crippen LogP contribution in [0.5, 0.6) is 0 Å². The normalized spacial score (nSPS) is 11.4. The van der Waals surface area contributed by atoms with Crippen molar-refractivity contribution in [1.29, 1.82) is 5.26 Å². The number of carbonyl (C=O) groups is 1. The molecule has 0 saturated heterocycles. The number of nitrogens with one attached hydrogen (secondary N) is 1. The average Bonchev–Trinajstić information content (AvgIpc) is 2.46. The Labute approximate surface area is 109 Å². The first-order valence-corrected chi connectivity index (χ1v) is 5.57. The van der Waals surface area contributed by atoms with Crippen LogP contribution in [0.2, 0.25) is 0 Å². The number of nitriles is 1.